The molecule has 2 rings (SSSR count). The summed E-state index contributed by atoms with van der Waals surface area (Å²) in [6.07, 6.45) is 2.05. The highest BCUT2D eigenvalue weighted by molar-refractivity contribution is 5.28. The van der Waals surface area contributed by atoms with Crippen LogP contribution >= 0.6 is 0 Å². The second-order valence-corrected chi connectivity index (χ2v) is 4.33. The quantitative estimate of drug-likeness (QED) is 0.829. The summed E-state index contributed by atoms with van der Waals surface area (Å²) in [6, 6.07) is 0. The SMILES string of the molecule is Cc1n[nH]c(C)c1CCc1c(C)n[nH]c1C. The first-order valence-electron chi connectivity index (χ1n) is 5.60. The molecule has 0 aromatic carbocycles. The average molecular weight is 218 g/mol. The number of aromatic nitrogens is 4. The molecule has 0 saturated heterocycles. The van der Waals surface area contributed by atoms with E-state index in [0.29, 0.717) is 0 Å². The summed E-state index contributed by atoms with van der Waals surface area (Å²) in [4.78, 5) is 0. The fourth-order valence-corrected chi connectivity index (χ4v) is 2.13. The van der Waals surface area contributed by atoms with Crippen LogP contribution in [0.2, 0.25) is 0 Å². The summed E-state index contributed by atoms with van der Waals surface area (Å²) in [7, 11) is 0. The topological polar surface area (TPSA) is 57.4 Å². The van der Waals surface area contributed by atoms with E-state index in [1.54, 1.807) is 0 Å². The Labute approximate surface area is 95.5 Å². The van der Waals surface area contributed by atoms with Crippen LogP contribution in [0, 0.1) is 27.7 Å². The molecule has 16 heavy (non-hydrogen) atoms. The van der Waals surface area contributed by atoms with Gasteiger partial charge in [-0.15, -0.1) is 0 Å². The summed E-state index contributed by atoms with van der Waals surface area (Å²) in [5.74, 6) is 0. The Morgan fingerprint density at radius 1 is 0.750 bits per heavy atom. The number of nitrogens with zero attached hydrogens (tertiary/aromatic N) is 2. The maximum absolute atomic E-state index is 4.21. The summed E-state index contributed by atoms with van der Waals surface area (Å²) in [5.41, 5.74) is 7.24. The predicted octanol–water partition coefficient (Wildman–Crippen LogP) is 2.15. The molecule has 4 nitrogen and oxygen atoms in total. The van der Waals surface area contributed by atoms with Gasteiger partial charge in [-0.1, -0.05) is 0 Å². The van der Waals surface area contributed by atoms with E-state index in [4.69, 9.17) is 0 Å². The minimum Gasteiger partial charge on any atom is -0.282 e. The first-order chi connectivity index (χ1) is 7.59. The normalized spacial score (nSPS) is 11.0. The highest BCUT2D eigenvalue weighted by Gasteiger charge is 2.10. The van der Waals surface area contributed by atoms with Crippen molar-refractivity contribution in [3.8, 4) is 0 Å². The predicted molar refractivity (Wildman–Crippen MR) is 63.5 cm³/mol. The van der Waals surface area contributed by atoms with Crippen molar-refractivity contribution >= 4 is 0 Å². The molecule has 0 amide bonds. The Morgan fingerprint density at radius 3 is 1.38 bits per heavy atom. The molecular weight excluding hydrogens is 200 g/mol. The molecule has 0 aliphatic rings. The van der Waals surface area contributed by atoms with Crippen molar-refractivity contribution in [3.05, 3.63) is 33.9 Å². The van der Waals surface area contributed by atoms with E-state index in [1.807, 2.05) is 13.8 Å². The van der Waals surface area contributed by atoms with Gasteiger partial charge in [0.2, 0.25) is 0 Å². The lowest BCUT2D eigenvalue weighted by atomic mass is 10.0. The van der Waals surface area contributed by atoms with Crippen LogP contribution in [0.4, 0.5) is 0 Å². The largest absolute Gasteiger partial charge is 0.282 e. The number of nitrogens with one attached hydrogen (secondary N) is 2. The van der Waals surface area contributed by atoms with Crippen molar-refractivity contribution in [2.75, 3.05) is 0 Å². The van der Waals surface area contributed by atoms with Crippen LogP contribution in [0.5, 0.6) is 0 Å². The first-order valence-corrected chi connectivity index (χ1v) is 5.60. The molecule has 0 saturated carbocycles. The van der Waals surface area contributed by atoms with Gasteiger partial charge in [-0.2, -0.15) is 10.2 Å². The molecule has 86 valence electrons. The molecule has 0 aliphatic carbocycles. The van der Waals surface area contributed by atoms with E-state index < -0.39 is 0 Å². The third-order valence-electron chi connectivity index (χ3n) is 3.19. The smallest absolute Gasteiger partial charge is 0.0626 e. The van der Waals surface area contributed by atoms with Crippen LogP contribution in [-0.4, -0.2) is 20.4 Å². The third-order valence-corrected chi connectivity index (χ3v) is 3.19. The van der Waals surface area contributed by atoms with Gasteiger partial charge in [-0.25, -0.2) is 0 Å². The number of hydrogen-bond donors (Lipinski definition) is 2. The summed E-state index contributed by atoms with van der Waals surface area (Å²) < 4.78 is 0. The molecule has 0 radical (unpaired) electrons. The zero-order chi connectivity index (χ0) is 11.7. The molecular formula is C12H18N4. The van der Waals surface area contributed by atoms with E-state index in [-0.39, 0.29) is 0 Å². The van der Waals surface area contributed by atoms with E-state index in [2.05, 4.69) is 34.2 Å². The van der Waals surface area contributed by atoms with Gasteiger partial charge in [-0.3, -0.25) is 10.2 Å². The van der Waals surface area contributed by atoms with E-state index in [9.17, 15) is 0 Å². The van der Waals surface area contributed by atoms with Crippen LogP contribution in [0.15, 0.2) is 0 Å². The Kier molecular flexibility index (Phi) is 2.81. The molecule has 2 aromatic rings. The fourth-order valence-electron chi connectivity index (χ4n) is 2.13. The average Bonchev–Trinajstić information content (AvgIpc) is 2.72. The van der Waals surface area contributed by atoms with Crippen LogP contribution in [0.1, 0.15) is 33.9 Å². The van der Waals surface area contributed by atoms with Crippen molar-refractivity contribution in [1.29, 1.82) is 0 Å². The molecule has 2 heterocycles. The standard InChI is InChI=1S/C12H18N4/c1-7-11(8(2)14-13-7)5-6-12-9(3)15-16-10(12)4/h5-6H2,1-4H3,(H,13,14)(H,15,16). The Morgan fingerprint density at radius 2 is 1.12 bits per heavy atom. The molecule has 0 spiro atoms. The van der Waals surface area contributed by atoms with Crippen LogP contribution < -0.4 is 0 Å². The second-order valence-electron chi connectivity index (χ2n) is 4.33. The molecule has 0 atom stereocenters. The highest BCUT2D eigenvalue weighted by Crippen LogP contribution is 2.16. The summed E-state index contributed by atoms with van der Waals surface area (Å²) >= 11 is 0. The van der Waals surface area contributed by atoms with Crippen molar-refractivity contribution in [3.63, 3.8) is 0 Å². The maximum Gasteiger partial charge on any atom is 0.0626 e. The minimum atomic E-state index is 1.02. The number of aromatic amines is 2. The van der Waals surface area contributed by atoms with Crippen LogP contribution in [0.25, 0.3) is 0 Å². The zero-order valence-corrected chi connectivity index (χ0v) is 10.3. The molecule has 0 fully saturated rings. The van der Waals surface area contributed by atoms with Gasteiger partial charge in [-0.05, 0) is 51.7 Å². The lowest BCUT2D eigenvalue weighted by Crippen LogP contribution is -1.96. The number of hydrogen-bond acceptors (Lipinski definition) is 2. The minimum absolute atomic E-state index is 1.02. The molecule has 0 unspecified atom stereocenters. The second kappa shape index (κ2) is 4.12. The molecule has 4 heteroatoms. The lowest BCUT2D eigenvalue weighted by molar-refractivity contribution is 0.922. The van der Waals surface area contributed by atoms with Crippen LogP contribution in [0.3, 0.4) is 0 Å². The number of H-pyrrole nitrogens is 2. The van der Waals surface area contributed by atoms with Gasteiger partial charge in [0.1, 0.15) is 0 Å². The summed E-state index contributed by atoms with van der Waals surface area (Å²) in [6.45, 7) is 8.25. The zero-order valence-electron chi connectivity index (χ0n) is 10.3. The van der Waals surface area contributed by atoms with Gasteiger partial charge in [0, 0.05) is 11.4 Å². The maximum atomic E-state index is 4.21. The lowest BCUT2D eigenvalue weighted by Gasteiger charge is -2.02. The number of rotatable bonds is 3. The highest BCUT2D eigenvalue weighted by atomic mass is 15.1. The van der Waals surface area contributed by atoms with Crippen molar-refractivity contribution in [2.24, 2.45) is 0 Å². The monoisotopic (exact) mass is 218 g/mol. The fraction of sp³-hybridized carbons (Fsp3) is 0.500. The Bertz CT molecular complexity index is 408. The van der Waals surface area contributed by atoms with E-state index in [1.165, 1.54) is 22.5 Å². The number of aryl methyl sites for hydroxylation is 4. The molecule has 0 bridgehead atoms. The van der Waals surface area contributed by atoms with Gasteiger partial charge in [0.15, 0.2) is 0 Å². The van der Waals surface area contributed by atoms with E-state index in [0.717, 1.165) is 24.2 Å². The third kappa shape index (κ3) is 1.87. The molecule has 2 N–H and O–H groups in total. The van der Waals surface area contributed by atoms with Gasteiger partial charge in [0.05, 0.1) is 11.4 Å². The van der Waals surface area contributed by atoms with Crippen LogP contribution in [-0.2, 0) is 12.8 Å². The summed E-state index contributed by atoms with van der Waals surface area (Å²) in [5, 5.41) is 14.5. The van der Waals surface area contributed by atoms with Gasteiger partial charge < -0.3 is 0 Å². The van der Waals surface area contributed by atoms with Crippen molar-refractivity contribution in [2.45, 2.75) is 40.5 Å². The molecule has 2 aromatic heterocycles. The van der Waals surface area contributed by atoms with Gasteiger partial charge in [0.25, 0.3) is 0 Å². The van der Waals surface area contributed by atoms with Crippen molar-refractivity contribution in [1.82, 2.24) is 20.4 Å². The Hall–Kier alpha value is -1.58. The van der Waals surface area contributed by atoms with Gasteiger partial charge >= 0.3 is 0 Å². The van der Waals surface area contributed by atoms with Crippen molar-refractivity contribution < 1.29 is 0 Å². The Balaban J connectivity index is 2.14. The van der Waals surface area contributed by atoms with E-state index >= 15 is 0 Å². The first kappa shape index (κ1) is 10.9. The molecule has 0 aliphatic heterocycles.